The van der Waals surface area contributed by atoms with E-state index < -0.39 is 0 Å². The molecule has 1 saturated carbocycles. The van der Waals surface area contributed by atoms with Gasteiger partial charge < -0.3 is 10.4 Å². The van der Waals surface area contributed by atoms with Crippen LogP contribution in [0.3, 0.4) is 0 Å². The molecular weight excluding hydrogens is 228 g/mol. The standard InChI is InChI=1S/C14H26N2O2/c1-2-15-14(18)10-16-9-4-3-7-12(16)11-6-5-8-13(11)17/h11-13,17H,2-10H2,1H3,(H,15,18). The molecule has 1 aliphatic carbocycles. The zero-order valence-electron chi connectivity index (χ0n) is 11.4. The number of aliphatic hydroxyl groups is 1. The molecule has 0 aromatic carbocycles. The zero-order valence-corrected chi connectivity index (χ0v) is 11.4. The average molecular weight is 254 g/mol. The summed E-state index contributed by atoms with van der Waals surface area (Å²) in [6.07, 6.45) is 6.61. The monoisotopic (exact) mass is 254 g/mol. The van der Waals surface area contributed by atoms with Crippen molar-refractivity contribution < 1.29 is 9.90 Å². The molecule has 1 aliphatic heterocycles. The first kappa shape index (κ1) is 13.8. The number of likely N-dealkylation sites (tertiary alicyclic amines) is 1. The second kappa shape index (κ2) is 6.53. The van der Waals surface area contributed by atoms with E-state index >= 15 is 0 Å². The zero-order chi connectivity index (χ0) is 13.0. The summed E-state index contributed by atoms with van der Waals surface area (Å²) in [5, 5.41) is 12.9. The third kappa shape index (κ3) is 3.23. The van der Waals surface area contributed by atoms with Crippen LogP contribution in [0.2, 0.25) is 0 Å². The van der Waals surface area contributed by atoms with Gasteiger partial charge in [-0.05, 0) is 39.2 Å². The Balaban J connectivity index is 1.94. The van der Waals surface area contributed by atoms with Crippen molar-refractivity contribution in [3.8, 4) is 0 Å². The Hall–Kier alpha value is -0.610. The Morgan fingerprint density at radius 2 is 2.11 bits per heavy atom. The maximum absolute atomic E-state index is 11.7. The molecule has 0 bridgehead atoms. The van der Waals surface area contributed by atoms with E-state index in [9.17, 15) is 9.90 Å². The van der Waals surface area contributed by atoms with Crippen molar-refractivity contribution in [3.05, 3.63) is 0 Å². The number of carbonyl (C=O) groups is 1. The van der Waals surface area contributed by atoms with E-state index in [1.54, 1.807) is 0 Å². The van der Waals surface area contributed by atoms with Gasteiger partial charge in [0.05, 0.1) is 12.6 Å². The van der Waals surface area contributed by atoms with Crippen molar-refractivity contribution >= 4 is 5.91 Å². The molecule has 4 nitrogen and oxygen atoms in total. The van der Waals surface area contributed by atoms with Crippen LogP contribution in [-0.2, 0) is 4.79 Å². The number of carbonyl (C=O) groups excluding carboxylic acids is 1. The van der Waals surface area contributed by atoms with E-state index in [0.717, 1.165) is 32.2 Å². The molecule has 3 unspecified atom stereocenters. The van der Waals surface area contributed by atoms with Gasteiger partial charge in [-0.15, -0.1) is 0 Å². The van der Waals surface area contributed by atoms with Crippen LogP contribution in [0, 0.1) is 5.92 Å². The van der Waals surface area contributed by atoms with Crippen molar-refractivity contribution in [2.45, 2.75) is 57.6 Å². The molecule has 2 N–H and O–H groups in total. The number of piperidine rings is 1. The highest BCUT2D eigenvalue weighted by Crippen LogP contribution is 2.34. The van der Waals surface area contributed by atoms with Gasteiger partial charge in [0.25, 0.3) is 0 Å². The molecule has 2 rings (SSSR count). The molecule has 1 saturated heterocycles. The first-order valence-corrected chi connectivity index (χ1v) is 7.41. The molecule has 1 amide bonds. The fourth-order valence-electron chi connectivity index (χ4n) is 3.55. The van der Waals surface area contributed by atoms with Crippen LogP contribution in [0.4, 0.5) is 0 Å². The maximum Gasteiger partial charge on any atom is 0.234 e. The molecule has 1 heterocycles. The molecule has 0 aromatic heterocycles. The van der Waals surface area contributed by atoms with E-state index in [4.69, 9.17) is 0 Å². The summed E-state index contributed by atoms with van der Waals surface area (Å²) in [7, 11) is 0. The lowest BCUT2D eigenvalue weighted by atomic mass is 9.88. The lowest BCUT2D eigenvalue weighted by Gasteiger charge is -2.39. The van der Waals surface area contributed by atoms with Gasteiger partial charge in [-0.3, -0.25) is 9.69 Å². The van der Waals surface area contributed by atoms with Crippen molar-refractivity contribution in [2.24, 2.45) is 5.92 Å². The molecule has 104 valence electrons. The van der Waals surface area contributed by atoms with Crippen LogP contribution in [0.1, 0.15) is 45.4 Å². The number of hydrogen-bond acceptors (Lipinski definition) is 3. The van der Waals surface area contributed by atoms with Crippen molar-refractivity contribution in [1.82, 2.24) is 10.2 Å². The fourth-order valence-corrected chi connectivity index (χ4v) is 3.55. The fraction of sp³-hybridized carbons (Fsp3) is 0.929. The van der Waals surface area contributed by atoms with Gasteiger partial charge in [-0.2, -0.15) is 0 Å². The number of nitrogens with one attached hydrogen (secondary N) is 1. The lowest BCUT2D eigenvalue weighted by Crippen LogP contribution is -2.50. The number of rotatable bonds is 4. The second-order valence-corrected chi connectivity index (χ2v) is 5.65. The predicted molar refractivity (Wildman–Crippen MR) is 71.2 cm³/mol. The predicted octanol–water partition coefficient (Wildman–Crippen LogP) is 1.14. The van der Waals surface area contributed by atoms with Crippen LogP contribution in [0.15, 0.2) is 0 Å². The molecular formula is C14H26N2O2. The molecule has 0 spiro atoms. The lowest BCUT2D eigenvalue weighted by molar-refractivity contribution is -0.123. The average Bonchev–Trinajstić information content (AvgIpc) is 2.76. The molecule has 0 radical (unpaired) electrons. The Bertz CT molecular complexity index is 283. The third-order valence-electron chi connectivity index (χ3n) is 4.41. The molecule has 4 heteroatoms. The van der Waals surface area contributed by atoms with Gasteiger partial charge in [0.2, 0.25) is 5.91 Å². The van der Waals surface area contributed by atoms with Crippen molar-refractivity contribution in [3.63, 3.8) is 0 Å². The summed E-state index contributed by atoms with van der Waals surface area (Å²) in [4.78, 5) is 14.0. The Kier molecular flexibility index (Phi) is 5.01. The van der Waals surface area contributed by atoms with E-state index in [1.807, 2.05) is 6.92 Å². The minimum Gasteiger partial charge on any atom is -0.393 e. The van der Waals surface area contributed by atoms with Gasteiger partial charge in [-0.25, -0.2) is 0 Å². The van der Waals surface area contributed by atoms with Crippen LogP contribution < -0.4 is 5.32 Å². The molecule has 2 aliphatic rings. The van der Waals surface area contributed by atoms with E-state index in [0.29, 0.717) is 25.0 Å². The highest BCUT2D eigenvalue weighted by molar-refractivity contribution is 5.78. The number of aliphatic hydroxyl groups excluding tert-OH is 1. The van der Waals surface area contributed by atoms with Crippen LogP contribution >= 0.6 is 0 Å². The molecule has 3 atom stereocenters. The SMILES string of the molecule is CCNC(=O)CN1CCCCC1C1CCCC1O. The summed E-state index contributed by atoms with van der Waals surface area (Å²) in [6, 6.07) is 0.416. The quantitative estimate of drug-likeness (QED) is 0.791. The molecule has 18 heavy (non-hydrogen) atoms. The minimum absolute atomic E-state index is 0.122. The Labute approximate surface area is 110 Å². The van der Waals surface area contributed by atoms with Gasteiger partial charge in [0, 0.05) is 18.5 Å². The molecule has 2 fully saturated rings. The van der Waals surface area contributed by atoms with Gasteiger partial charge >= 0.3 is 0 Å². The highest BCUT2D eigenvalue weighted by atomic mass is 16.3. The van der Waals surface area contributed by atoms with Gasteiger partial charge in [-0.1, -0.05) is 12.8 Å². The largest absolute Gasteiger partial charge is 0.393 e. The first-order valence-electron chi connectivity index (χ1n) is 7.41. The van der Waals surface area contributed by atoms with Crippen LogP contribution in [0.5, 0.6) is 0 Å². The Morgan fingerprint density at radius 1 is 1.28 bits per heavy atom. The summed E-state index contributed by atoms with van der Waals surface area (Å²) >= 11 is 0. The normalized spacial score (nSPS) is 33.6. The maximum atomic E-state index is 11.7. The number of likely N-dealkylation sites (N-methyl/N-ethyl adjacent to an activating group) is 1. The Morgan fingerprint density at radius 3 is 2.78 bits per heavy atom. The molecule has 0 aromatic rings. The second-order valence-electron chi connectivity index (χ2n) is 5.65. The third-order valence-corrected chi connectivity index (χ3v) is 4.41. The topological polar surface area (TPSA) is 52.6 Å². The summed E-state index contributed by atoms with van der Waals surface area (Å²) in [5.41, 5.74) is 0. The van der Waals surface area contributed by atoms with Gasteiger partial charge in [0.1, 0.15) is 0 Å². The highest BCUT2D eigenvalue weighted by Gasteiger charge is 2.37. The first-order chi connectivity index (χ1) is 8.72. The number of hydrogen-bond donors (Lipinski definition) is 2. The van der Waals surface area contributed by atoms with Crippen molar-refractivity contribution in [1.29, 1.82) is 0 Å². The smallest absolute Gasteiger partial charge is 0.234 e. The minimum atomic E-state index is -0.148. The van der Waals surface area contributed by atoms with Gasteiger partial charge in [0.15, 0.2) is 0 Å². The summed E-state index contributed by atoms with van der Waals surface area (Å²) < 4.78 is 0. The summed E-state index contributed by atoms with van der Waals surface area (Å²) in [5.74, 6) is 0.511. The summed E-state index contributed by atoms with van der Waals surface area (Å²) in [6.45, 7) is 4.16. The van der Waals surface area contributed by atoms with E-state index in [-0.39, 0.29) is 12.0 Å². The van der Waals surface area contributed by atoms with Crippen LogP contribution in [-0.4, -0.2) is 47.7 Å². The van der Waals surface area contributed by atoms with Crippen LogP contribution in [0.25, 0.3) is 0 Å². The van der Waals surface area contributed by atoms with E-state index in [1.165, 1.54) is 12.8 Å². The van der Waals surface area contributed by atoms with Crippen molar-refractivity contribution in [2.75, 3.05) is 19.6 Å². The number of nitrogens with zero attached hydrogens (tertiary/aromatic N) is 1. The number of amides is 1. The van der Waals surface area contributed by atoms with E-state index in [2.05, 4.69) is 10.2 Å².